The van der Waals surface area contributed by atoms with Crippen molar-refractivity contribution in [2.75, 3.05) is 0 Å². The molecule has 1 heterocycles. The highest BCUT2D eigenvalue weighted by atomic mass is 16.6. The van der Waals surface area contributed by atoms with E-state index in [4.69, 9.17) is 4.74 Å². The molecule has 2 atom stereocenters. The maximum atomic E-state index is 5.45. The quantitative estimate of drug-likeness (QED) is 0.587. The summed E-state index contributed by atoms with van der Waals surface area (Å²) in [6, 6.07) is 10.4. The van der Waals surface area contributed by atoms with Gasteiger partial charge in [0.15, 0.2) is 0 Å². The molecule has 1 saturated heterocycles. The average Bonchev–Trinajstić information content (AvgIpc) is 2.85. The Labute approximate surface area is 67.0 Å². The lowest BCUT2D eigenvalue weighted by Gasteiger charge is -1.91. The van der Waals surface area contributed by atoms with Crippen molar-refractivity contribution in [2.24, 2.45) is 0 Å². The van der Waals surface area contributed by atoms with Crippen molar-refractivity contribution in [3.63, 3.8) is 0 Å². The zero-order valence-electron chi connectivity index (χ0n) is 6.66. The standard InChI is InChI=1S/C10H12O/c1-2-9-10(11-9)8-6-4-3-5-7-8/h3-7,9-10H,2H2,1H3/t9-,10-/m0/s1. The van der Waals surface area contributed by atoms with Gasteiger partial charge in [-0.2, -0.15) is 0 Å². The van der Waals surface area contributed by atoms with Crippen LogP contribution in [0, 0.1) is 0 Å². The van der Waals surface area contributed by atoms with Gasteiger partial charge < -0.3 is 4.74 Å². The van der Waals surface area contributed by atoms with Crippen LogP contribution in [-0.2, 0) is 4.74 Å². The summed E-state index contributed by atoms with van der Waals surface area (Å²) in [5.74, 6) is 0. The highest BCUT2D eigenvalue weighted by Crippen LogP contribution is 2.40. The largest absolute Gasteiger partial charge is 0.365 e. The van der Waals surface area contributed by atoms with Crippen LogP contribution in [0.4, 0.5) is 0 Å². The summed E-state index contributed by atoms with van der Waals surface area (Å²) in [6.07, 6.45) is 2.00. The molecule has 1 nitrogen and oxygen atoms in total. The Morgan fingerprint density at radius 2 is 2.00 bits per heavy atom. The lowest BCUT2D eigenvalue weighted by molar-refractivity contribution is 0.370. The zero-order chi connectivity index (χ0) is 7.68. The van der Waals surface area contributed by atoms with E-state index in [1.54, 1.807) is 0 Å². The summed E-state index contributed by atoms with van der Waals surface area (Å²) in [5, 5.41) is 0. The summed E-state index contributed by atoms with van der Waals surface area (Å²) >= 11 is 0. The molecule has 11 heavy (non-hydrogen) atoms. The highest BCUT2D eigenvalue weighted by molar-refractivity contribution is 5.21. The third-order valence-corrected chi connectivity index (χ3v) is 2.11. The van der Waals surface area contributed by atoms with Gasteiger partial charge in [-0.3, -0.25) is 0 Å². The number of benzene rings is 1. The molecule has 0 radical (unpaired) electrons. The fraction of sp³-hybridized carbons (Fsp3) is 0.400. The molecule has 0 aliphatic carbocycles. The van der Waals surface area contributed by atoms with E-state index in [1.807, 2.05) is 6.07 Å². The second kappa shape index (κ2) is 2.67. The molecule has 0 amide bonds. The van der Waals surface area contributed by atoms with E-state index in [0.29, 0.717) is 12.2 Å². The van der Waals surface area contributed by atoms with Gasteiger partial charge in [0.1, 0.15) is 6.10 Å². The maximum Gasteiger partial charge on any atom is 0.109 e. The molecule has 1 aliphatic rings. The van der Waals surface area contributed by atoms with Gasteiger partial charge in [0.05, 0.1) is 6.10 Å². The summed E-state index contributed by atoms with van der Waals surface area (Å²) in [5.41, 5.74) is 1.32. The van der Waals surface area contributed by atoms with E-state index in [-0.39, 0.29) is 0 Å². The number of hydrogen-bond acceptors (Lipinski definition) is 1. The lowest BCUT2D eigenvalue weighted by atomic mass is 10.1. The van der Waals surface area contributed by atoms with Crippen molar-refractivity contribution >= 4 is 0 Å². The van der Waals surface area contributed by atoms with Crippen LogP contribution >= 0.6 is 0 Å². The maximum absolute atomic E-state index is 5.45. The third kappa shape index (κ3) is 1.29. The van der Waals surface area contributed by atoms with Crippen LogP contribution in [0.2, 0.25) is 0 Å². The summed E-state index contributed by atoms with van der Waals surface area (Å²) in [6.45, 7) is 2.16. The van der Waals surface area contributed by atoms with Crippen molar-refractivity contribution < 1.29 is 4.74 Å². The Morgan fingerprint density at radius 3 is 2.55 bits per heavy atom. The molecule has 2 rings (SSSR count). The Bertz CT molecular complexity index is 230. The van der Waals surface area contributed by atoms with E-state index in [0.717, 1.165) is 6.42 Å². The number of hydrogen-bond donors (Lipinski definition) is 0. The first-order valence-electron chi connectivity index (χ1n) is 4.12. The van der Waals surface area contributed by atoms with Crippen LogP contribution in [-0.4, -0.2) is 6.10 Å². The Hall–Kier alpha value is -0.820. The Morgan fingerprint density at radius 1 is 1.27 bits per heavy atom. The van der Waals surface area contributed by atoms with Gasteiger partial charge in [0, 0.05) is 0 Å². The molecule has 0 unspecified atom stereocenters. The fourth-order valence-electron chi connectivity index (χ4n) is 1.39. The van der Waals surface area contributed by atoms with Crippen molar-refractivity contribution in [1.82, 2.24) is 0 Å². The van der Waals surface area contributed by atoms with E-state index in [2.05, 4.69) is 31.2 Å². The van der Waals surface area contributed by atoms with Gasteiger partial charge in [-0.1, -0.05) is 37.3 Å². The van der Waals surface area contributed by atoms with E-state index in [1.165, 1.54) is 5.56 Å². The topological polar surface area (TPSA) is 12.5 Å². The molecule has 0 N–H and O–H groups in total. The highest BCUT2D eigenvalue weighted by Gasteiger charge is 2.37. The molecular weight excluding hydrogens is 136 g/mol. The SMILES string of the molecule is CC[C@@H]1O[C@H]1c1ccccc1. The van der Waals surface area contributed by atoms with E-state index in [9.17, 15) is 0 Å². The Kier molecular flexibility index (Phi) is 1.66. The second-order valence-corrected chi connectivity index (χ2v) is 2.91. The van der Waals surface area contributed by atoms with Crippen LogP contribution in [0.25, 0.3) is 0 Å². The number of ether oxygens (including phenoxy) is 1. The molecule has 0 saturated carbocycles. The first kappa shape index (κ1) is 6.86. The average molecular weight is 148 g/mol. The monoisotopic (exact) mass is 148 g/mol. The van der Waals surface area contributed by atoms with Crippen LogP contribution in [0.3, 0.4) is 0 Å². The third-order valence-electron chi connectivity index (χ3n) is 2.11. The van der Waals surface area contributed by atoms with Gasteiger partial charge >= 0.3 is 0 Å². The molecule has 0 bridgehead atoms. The lowest BCUT2D eigenvalue weighted by Crippen LogP contribution is -1.84. The summed E-state index contributed by atoms with van der Waals surface area (Å²) in [4.78, 5) is 0. The fourth-order valence-corrected chi connectivity index (χ4v) is 1.39. The minimum Gasteiger partial charge on any atom is -0.365 e. The predicted molar refractivity (Wildman–Crippen MR) is 44.3 cm³/mol. The molecule has 1 aromatic rings. The molecule has 0 spiro atoms. The first-order valence-corrected chi connectivity index (χ1v) is 4.12. The van der Waals surface area contributed by atoms with E-state index >= 15 is 0 Å². The summed E-state index contributed by atoms with van der Waals surface area (Å²) in [7, 11) is 0. The van der Waals surface area contributed by atoms with Crippen LogP contribution in [0.15, 0.2) is 30.3 Å². The smallest absolute Gasteiger partial charge is 0.109 e. The van der Waals surface area contributed by atoms with Gasteiger partial charge in [-0.25, -0.2) is 0 Å². The van der Waals surface area contributed by atoms with Crippen LogP contribution in [0.1, 0.15) is 25.0 Å². The number of epoxide rings is 1. The van der Waals surface area contributed by atoms with Gasteiger partial charge in [0.2, 0.25) is 0 Å². The van der Waals surface area contributed by atoms with Crippen LogP contribution < -0.4 is 0 Å². The molecule has 0 aromatic heterocycles. The van der Waals surface area contributed by atoms with E-state index < -0.39 is 0 Å². The van der Waals surface area contributed by atoms with Gasteiger partial charge in [-0.05, 0) is 12.0 Å². The summed E-state index contributed by atoms with van der Waals surface area (Å²) < 4.78 is 5.45. The van der Waals surface area contributed by atoms with Crippen molar-refractivity contribution in [3.05, 3.63) is 35.9 Å². The first-order chi connectivity index (χ1) is 5.42. The van der Waals surface area contributed by atoms with Gasteiger partial charge in [-0.15, -0.1) is 0 Å². The van der Waals surface area contributed by atoms with Crippen LogP contribution in [0.5, 0.6) is 0 Å². The minimum atomic E-state index is 0.390. The predicted octanol–water partition coefficient (Wildman–Crippen LogP) is 2.54. The van der Waals surface area contributed by atoms with Crippen molar-refractivity contribution in [1.29, 1.82) is 0 Å². The molecular formula is C10H12O. The van der Waals surface area contributed by atoms with Crippen molar-refractivity contribution in [2.45, 2.75) is 25.6 Å². The molecule has 1 aromatic carbocycles. The number of rotatable bonds is 2. The molecule has 58 valence electrons. The molecule has 1 heteroatoms. The molecule has 1 fully saturated rings. The zero-order valence-corrected chi connectivity index (χ0v) is 6.66. The van der Waals surface area contributed by atoms with Gasteiger partial charge in [0.25, 0.3) is 0 Å². The Balaban J connectivity index is 2.09. The second-order valence-electron chi connectivity index (χ2n) is 2.91. The normalized spacial score (nSPS) is 28.5. The minimum absolute atomic E-state index is 0.390. The molecule has 1 aliphatic heterocycles. The van der Waals surface area contributed by atoms with Crippen molar-refractivity contribution in [3.8, 4) is 0 Å².